The van der Waals surface area contributed by atoms with Crippen LogP contribution in [0.25, 0.3) is 0 Å². The monoisotopic (exact) mass is 400 g/mol. The summed E-state index contributed by atoms with van der Waals surface area (Å²) >= 11 is 0. The highest BCUT2D eigenvalue weighted by Crippen LogP contribution is 2.22. The Morgan fingerprint density at radius 2 is 1.04 bits per heavy atom. The SMILES string of the molecule is C=CCC(CC=C)C(NCC)OS(=O)(=O)OC(NCC)C(CC=C)CC=C. The highest BCUT2D eigenvalue weighted by atomic mass is 32.3. The predicted octanol–water partition coefficient (Wildman–Crippen LogP) is 3.67. The highest BCUT2D eigenvalue weighted by Gasteiger charge is 2.31. The molecule has 0 aromatic heterocycles. The Labute approximate surface area is 165 Å². The molecule has 0 spiro atoms. The Kier molecular flexibility index (Phi) is 14.1. The maximum absolute atomic E-state index is 12.6. The molecule has 0 fully saturated rings. The molecule has 0 aliphatic rings. The maximum Gasteiger partial charge on any atom is 0.402 e. The summed E-state index contributed by atoms with van der Waals surface area (Å²) in [7, 11) is -4.25. The van der Waals surface area contributed by atoms with Crippen LogP contribution in [0, 0.1) is 11.8 Å². The summed E-state index contributed by atoms with van der Waals surface area (Å²) in [6.45, 7) is 19.8. The van der Waals surface area contributed by atoms with Gasteiger partial charge in [0.2, 0.25) is 0 Å². The molecule has 0 amide bonds. The minimum Gasteiger partial charge on any atom is -0.291 e. The summed E-state index contributed by atoms with van der Waals surface area (Å²) in [5.41, 5.74) is 0. The van der Waals surface area contributed by atoms with Crippen LogP contribution in [-0.4, -0.2) is 34.0 Å². The molecule has 2 N–H and O–H groups in total. The molecule has 0 radical (unpaired) electrons. The van der Waals surface area contributed by atoms with Crippen LogP contribution < -0.4 is 10.6 Å². The predicted molar refractivity (Wildman–Crippen MR) is 112 cm³/mol. The van der Waals surface area contributed by atoms with Crippen LogP contribution >= 0.6 is 0 Å². The molecule has 0 heterocycles. The van der Waals surface area contributed by atoms with E-state index in [2.05, 4.69) is 36.9 Å². The molecule has 0 rings (SSSR count). The molecule has 2 atom stereocenters. The first-order valence-electron chi connectivity index (χ1n) is 9.40. The standard InChI is InChI=1S/C20H36N2O4S/c1-7-13-17(14-8-2)19(21-11-5)25-27(23,24)26-20(22-12-6)18(15-9-3)16-10-4/h7-10,17-22H,1-4,11-16H2,5-6H3. The van der Waals surface area contributed by atoms with Crippen molar-refractivity contribution in [3.05, 3.63) is 50.6 Å². The number of hydrogen-bond acceptors (Lipinski definition) is 6. The highest BCUT2D eigenvalue weighted by molar-refractivity contribution is 7.81. The minimum absolute atomic E-state index is 0.118. The fraction of sp³-hybridized carbons (Fsp3) is 0.600. The second-order valence-electron chi connectivity index (χ2n) is 6.17. The lowest BCUT2D eigenvalue weighted by Gasteiger charge is -2.29. The lowest BCUT2D eigenvalue weighted by atomic mass is 9.99. The molecule has 6 nitrogen and oxygen atoms in total. The first kappa shape index (κ1) is 25.8. The van der Waals surface area contributed by atoms with Crippen molar-refractivity contribution < 1.29 is 16.8 Å². The minimum atomic E-state index is -4.25. The van der Waals surface area contributed by atoms with Gasteiger partial charge in [-0.25, -0.2) is 8.37 Å². The van der Waals surface area contributed by atoms with Crippen LogP contribution in [0.5, 0.6) is 0 Å². The number of rotatable bonds is 18. The molecule has 156 valence electrons. The Balaban J connectivity index is 5.37. The molecule has 0 aliphatic heterocycles. The Hall–Kier alpha value is -1.25. The molecule has 0 aromatic carbocycles. The Morgan fingerprint density at radius 1 is 0.741 bits per heavy atom. The van der Waals surface area contributed by atoms with E-state index in [1.54, 1.807) is 24.3 Å². The zero-order chi connectivity index (χ0) is 20.7. The van der Waals surface area contributed by atoms with Gasteiger partial charge in [0.1, 0.15) is 12.5 Å². The molecule has 27 heavy (non-hydrogen) atoms. The van der Waals surface area contributed by atoms with Gasteiger partial charge in [0.25, 0.3) is 0 Å². The van der Waals surface area contributed by atoms with Crippen LogP contribution in [-0.2, 0) is 18.8 Å². The third-order valence-electron chi connectivity index (χ3n) is 3.99. The van der Waals surface area contributed by atoms with Gasteiger partial charge in [0.05, 0.1) is 0 Å². The molecule has 7 heteroatoms. The van der Waals surface area contributed by atoms with Crippen molar-refractivity contribution in [1.29, 1.82) is 0 Å². The topological polar surface area (TPSA) is 76.7 Å². The fourth-order valence-electron chi connectivity index (χ4n) is 2.78. The van der Waals surface area contributed by atoms with Crippen LogP contribution in [0.1, 0.15) is 39.5 Å². The van der Waals surface area contributed by atoms with E-state index in [4.69, 9.17) is 8.37 Å². The van der Waals surface area contributed by atoms with Gasteiger partial charge in [0.15, 0.2) is 0 Å². The normalized spacial score (nSPS) is 14.1. The van der Waals surface area contributed by atoms with Crippen molar-refractivity contribution in [2.45, 2.75) is 52.0 Å². The van der Waals surface area contributed by atoms with Gasteiger partial charge in [-0.1, -0.05) is 38.2 Å². The van der Waals surface area contributed by atoms with Gasteiger partial charge in [0, 0.05) is 11.8 Å². The van der Waals surface area contributed by atoms with Gasteiger partial charge in [-0.05, 0) is 38.8 Å². The van der Waals surface area contributed by atoms with E-state index in [-0.39, 0.29) is 11.8 Å². The third kappa shape index (κ3) is 10.6. The van der Waals surface area contributed by atoms with Gasteiger partial charge in [-0.2, -0.15) is 8.42 Å². The van der Waals surface area contributed by atoms with E-state index in [1.807, 2.05) is 13.8 Å². The second kappa shape index (κ2) is 14.8. The van der Waals surface area contributed by atoms with E-state index in [0.29, 0.717) is 38.8 Å². The summed E-state index contributed by atoms with van der Waals surface area (Å²) in [5, 5.41) is 6.13. The number of hydrogen-bond donors (Lipinski definition) is 2. The van der Waals surface area contributed by atoms with E-state index in [1.165, 1.54) is 0 Å². The Bertz CT molecular complexity index is 486. The lowest BCUT2D eigenvalue weighted by Crippen LogP contribution is -2.44. The summed E-state index contributed by atoms with van der Waals surface area (Å²) in [6, 6.07) is 0. The smallest absolute Gasteiger partial charge is 0.291 e. The zero-order valence-electron chi connectivity index (χ0n) is 16.7. The van der Waals surface area contributed by atoms with Crippen molar-refractivity contribution in [3.8, 4) is 0 Å². The number of allylic oxidation sites excluding steroid dienone is 4. The van der Waals surface area contributed by atoms with E-state index < -0.39 is 22.9 Å². The van der Waals surface area contributed by atoms with Crippen LogP contribution in [0.15, 0.2) is 50.6 Å². The van der Waals surface area contributed by atoms with Crippen LogP contribution in [0.3, 0.4) is 0 Å². The number of nitrogens with one attached hydrogen (secondary N) is 2. The van der Waals surface area contributed by atoms with Crippen molar-refractivity contribution in [1.82, 2.24) is 10.6 Å². The molecule has 2 unspecified atom stereocenters. The first-order chi connectivity index (χ1) is 12.9. The molecule has 0 saturated carbocycles. The van der Waals surface area contributed by atoms with Crippen LogP contribution in [0.2, 0.25) is 0 Å². The molecular formula is C20H36N2O4S. The van der Waals surface area contributed by atoms with Gasteiger partial charge < -0.3 is 0 Å². The summed E-state index contributed by atoms with van der Waals surface area (Å²) < 4.78 is 36.0. The summed E-state index contributed by atoms with van der Waals surface area (Å²) in [6.07, 6.45) is 7.85. The largest absolute Gasteiger partial charge is 0.402 e. The molecule has 0 bridgehead atoms. The van der Waals surface area contributed by atoms with Crippen LogP contribution in [0.4, 0.5) is 0 Å². The summed E-state index contributed by atoms with van der Waals surface area (Å²) in [4.78, 5) is 0. The summed E-state index contributed by atoms with van der Waals surface area (Å²) in [5.74, 6) is -0.235. The van der Waals surface area contributed by atoms with Crippen molar-refractivity contribution in [2.24, 2.45) is 11.8 Å². The maximum atomic E-state index is 12.6. The molecular weight excluding hydrogens is 364 g/mol. The van der Waals surface area contributed by atoms with Crippen molar-refractivity contribution in [3.63, 3.8) is 0 Å². The van der Waals surface area contributed by atoms with E-state index >= 15 is 0 Å². The molecule has 0 aliphatic carbocycles. The fourth-order valence-corrected chi connectivity index (χ4v) is 3.78. The second-order valence-corrected chi connectivity index (χ2v) is 7.38. The van der Waals surface area contributed by atoms with Gasteiger partial charge in [-0.3, -0.25) is 10.6 Å². The van der Waals surface area contributed by atoms with Gasteiger partial charge >= 0.3 is 10.4 Å². The average molecular weight is 401 g/mol. The first-order valence-corrected chi connectivity index (χ1v) is 10.7. The molecule has 0 saturated heterocycles. The van der Waals surface area contributed by atoms with E-state index in [9.17, 15) is 8.42 Å². The molecule has 0 aromatic rings. The lowest BCUT2D eigenvalue weighted by molar-refractivity contribution is 0.0446. The Morgan fingerprint density at radius 3 is 1.26 bits per heavy atom. The average Bonchev–Trinajstić information content (AvgIpc) is 2.60. The van der Waals surface area contributed by atoms with Gasteiger partial charge in [-0.15, -0.1) is 26.3 Å². The third-order valence-corrected chi connectivity index (χ3v) is 4.87. The van der Waals surface area contributed by atoms with Crippen molar-refractivity contribution in [2.75, 3.05) is 13.1 Å². The quantitative estimate of drug-likeness (QED) is 0.270. The van der Waals surface area contributed by atoms with E-state index in [0.717, 1.165) is 0 Å². The zero-order valence-corrected chi connectivity index (χ0v) is 17.5. The van der Waals surface area contributed by atoms with Crippen molar-refractivity contribution >= 4 is 10.4 Å².